The molecule has 2 unspecified atom stereocenters. The number of benzene rings is 1. The fourth-order valence-electron chi connectivity index (χ4n) is 4.36. The van der Waals surface area contributed by atoms with Gasteiger partial charge in [-0.1, -0.05) is 30.3 Å². The summed E-state index contributed by atoms with van der Waals surface area (Å²) in [5, 5.41) is 0. The van der Waals surface area contributed by atoms with E-state index in [9.17, 15) is 4.79 Å². The Balaban J connectivity index is 1.63. The van der Waals surface area contributed by atoms with Crippen molar-refractivity contribution in [2.75, 3.05) is 13.2 Å². The van der Waals surface area contributed by atoms with Crippen molar-refractivity contribution in [2.24, 2.45) is 0 Å². The van der Waals surface area contributed by atoms with Crippen LogP contribution in [0.25, 0.3) is 5.57 Å². The molecule has 5 heteroatoms. The highest BCUT2D eigenvalue weighted by Gasteiger charge is 2.40. The van der Waals surface area contributed by atoms with Gasteiger partial charge in [0.2, 0.25) is 0 Å². The van der Waals surface area contributed by atoms with Crippen LogP contribution in [0.4, 0.5) is 4.79 Å². The Labute approximate surface area is 161 Å². The monoisotopic (exact) mass is 371 g/mol. The molecule has 5 nitrogen and oxygen atoms in total. The second-order valence-corrected chi connectivity index (χ2v) is 8.60. The van der Waals surface area contributed by atoms with E-state index in [1.807, 2.05) is 31.7 Å². The Bertz CT molecular complexity index is 730. The molecule has 0 radical (unpaired) electrons. The minimum Gasteiger partial charge on any atom is -0.444 e. The summed E-state index contributed by atoms with van der Waals surface area (Å²) in [5.74, 6) is 0. The molecule has 0 saturated carbocycles. The SMILES string of the molecule is CC(C)(C)OC(=O)N1C2C=C(c3ccccc3C3OCCO3)CC1CCC2. The Morgan fingerprint density at radius 3 is 2.59 bits per heavy atom. The van der Waals surface area contributed by atoms with E-state index in [2.05, 4.69) is 24.3 Å². The third kappa shape index (κ3) is 3.90. The summed E-state index contributed by atoms with van der Waals surface area (Å²) in [7, 11) is 0. The lowest BCUT2D eigenvalue weighted by molar-refractivity contribution is -0.0443. The number of piperidine rings is 1. The Morgan fingerprint density at radius 1 is 1.15 bits per heavy atom. The van der Waals surface area contributed by atoms with Crippen LogP contribution in [0.1, 0.15) is 63.9 Å². The van der Waals surface area contributed by atoms with E-state index < -0.39 is 5.60 Å². The van der Waals surface area contributed by atoms with Gasteiger partial charge in [0.25, 0.3) is 0 Å². The van der Waals surface area contributed by atoms with Gasteiger partial charge in [0.05, 0.1) is 19.3 Å². The van der Waals surface area contributed by atoms with Crippen LogP contribution in [0.2, 0.25) is 0 Å². The van der Waals surface area contributed by atoms with Gasteiger partial charge in [-0.3, -0.25) is 4.90 Å². The molecule has 2 bridgehead atoms. The smallest absolute Gasteiger partial charge is 0.411 e. The largest absolute Gasteiger partial charge is 0.444 e. The lowest BCUT2D eigenvalue weighted by atomic mass is 9.82. The molecule has 0 N–H and O–H groups in total. The average molecular weight is 371 g/mol. The maximum absolute atomic E-state index is 12.8. The predicted octanol–water partition coefficient (Wildman–Crippen LogP) is 4.68. The fraction of sp³-hybridized carbons (Fsp3) is 0.591. The van der Waals surface area contributed by atoms with Gasteiger partial charge in [-0.15, -0.1) is 0 Å². The van der Waals surface area contributed by atoms with E-state index in [1.165, 1.54) is 11.1 Å². The molecule has 0 aliphatic carbocycles. The summed E-state index contributed by atoms with van der Waals surface area (Å²) < 4.78 is 17.2. The third-order valence-electron chi connectivity index (χ3n) is 5.42. The van der Waals surface area contributed by atoms with Crippen LogP contribution in [0, 0.1) is 0 Å². The Kier molecular flexibility index (Phi) is 4.99. The van der Waals surface area contributed by atoms with Crippen molar-refractivity contribution in [3.63, 3.8) is 0 Å². The van der Waals surface area contributed by atoms with Crippen LogP contribution in [-0.2, 0) is 14.2 Å². The van der Waals surface area contributed by atoms with Gasteiger partial charge >= 0.3 is 6.09 Å². The molecule has 3 heterocycles. The number of carbonyl (C=O) groups is 1. The first-order chi connectivity index (χ1) is 12.9. The van der Waals surface area contributed by atoms with Gasteiger partial charge in [0.1, 0.15) is 5.60 Å². The van der Waals surface area contributed by atoms with Crippen molar-refractivity contribution in [3.05, 3.63) is 41.5 Å². The first-order valence-electron chi connectivity index (χ1n) is 9.97. The summed E-state index contributed by atoms with van der Waals surface area (Å²) in [4.78, 5) is 14.7. The van der Waals surface area contributed by atoms with Crippen molar-refractivity contribution in [1.82, 2.24) is 4.90 Å². The molecule has 2 saturated heterocycles. The second-order valence-electron chi connectivity index (χ2n) is 8.60. The van der Waals surface area contributed by atoms with Gasteiger partial charge in [-0.2, -0.15) is 0 Å². The zero-order valence-corrected chi connectivity index (χ0v) is 16.4. The van der Waals surface area contributed by atoms with Gasteiger partial charge < -0.3 is 14.2 Å². The van der Waals surface area contributed by atoms with E-state index >= 15 is 0 Å². The quantitative estimate of drug-likeness (QED) is 0.757. The van der Waals surface area contributed by atoms with Gasteiger partial charge in [0.15, 0.2) is 6.29 Å². The van der Waals surface area contributed by atoms with Gasteiger partial charge in [-0.25, -0.2) is 4.79 Å². The zero-order valence-electron chi connectivity index (χ0n) is 16.4. The van der Waals surface area contributed by atoms with Crippen LogP contribution in [0.15, 0.2) is 30.3 Å². The Morgan fingerprint density at radius 2 is 1.89 bits per heavy atom. The van der Waals surface area contributed by atoms with E-state index in [0.717, 1.165) is 31.2 Å². The van der Waals surface area contributed by atoms with E-state index in [0.29, 0.717) is 13.2 Å². The van der Waals surface area contributed by atoms with Crippen molar-refractivity contribution in [2.45, 2.75) is 70.4 Å². The van der Waals surface area contributed by atoms with Crippen LogP contribution in [0.3, 0.4) is 0 Å². The van der Waals surface area contributed by atoms with E-state index in [4.69, 9.17) is 14.2 Å². The highest BCUT2D eigenvalue weighted by molar-refractivity contribution is 5.76. The molecule has 27 heavy (non-hydrogen) atoms. The standard InChI is InChI=1S/C22H29NO4/c1-22(2,3)27-21(24)23-16-7-6-8-17(23)14-15(13-16)18-9-4-5-10-19(18)20-25-11-12-26-20/h4-5,9-10,13,16-17,20H,6-8,11-12,14H2,1-3H3. The molecule has 4 rings (SSSR count). The molecule has 3 aliphatic rings. The van der Waals surface area contributed by atoms with Gasteiger partial charge in [0, 0.05) is 11.6 Å². The van der Waals surface area contributed by atoms with Crippen LogP contribution in [-0.4, -0.2) is 41.9 Å². The van der Waals surface area contributed by atoms with Crippen LogP contribution >= 0.6 is 0 Å². The van der Waals surface area contributed by atoms with Gasteiger partial charge in [-0.05, 0) is 57.6 Å². The molecule has 2 fully saturated rings. The lowest BCUT2D eigenvalue weighted by Gasteiger charge is -2.45. The molecular formula is C22H29NO4. The van der Waals surface area contributed by atoms with Crippen LogP contribution < -0.4 is 0 Å². The fourth-order valence-corrected chi connectivity index (χ4v) is 4.36. The van der Waals surface area contributed by atoms with Crippen molar-refractivity contribution >= 4 is 11.7 Å². The number of ether oxygens (including phenoxy) is 3. The number of hydrogen-bond acceptors (Lipinski definition) is 4. The summed E-state index contributed by atoms with van der Waals surface area (Å²) in [6, 6.07) is 8.61. The van der Waals surface area contributed by atoms with E-state index in [1.54, 1.807) is 0 Å². The maximum Gasteiger partial charge on any atom is 0.411 e. The number of carbonyl (C=O) groups excluding carboxylic acids is 1. The van der Waals surface area contributed by atoms with Crippen molar-refractivity contribution < 1.29 is 19.0 Å². The Hall–Kier alpha value is -1.85. The minimum absolute atomic E-state index is 0.0980. The predicted molar refractivity (Wildman–Crippen MR) is 103 cm³/mol. The molecule has 2 atom stereocenters. The first kappa shape index (κ1) is 18.5. The highest BCUT2D eigenvalue weighted by Crippen LogP contribution is 2.40. The minimum atomic E-state index is -0.473. The molecule has 0 spiro atoms. The number of hydrogen-bond donors (Lipinski definition) is 0. The molecular weight excluding hydrogens is 342 g/mol. The topological polar surface area (TPSA) is 48.0 Å². The summed E-state index contributed by atoms with van der Waals surface area (Å²) in [6.45, 7) is 7.03. The zero-order chi connectivity index (χ0) is 19.0. The molecule has 1 aromatic carbocycles. The molecule has 1 aromatic rings. The van der Waals surface area contributed by atoms with Crippen molar-refractivity contribution in [3.8, 4) is 0 Å². The number of amides is 1. The van der Waals surface area contributed by atoms with Crippen LogP contribution in [0.5, 0.6) is 0 Å². The normalized spacial score (nSPS) is 26.0. The van der Waals surface area contributed by atoms with E-state index in [-0.39, 0.29) is 24.5 Å². The third-order valence-corrected chi connectivity index (χ3v) is 5.42. The highest BCUT2D eigenvalue weighted by atomic mass is 16.7. The number of fused-ring (bicyclic) bond motifs is 2. The molecule has 0 aromatic heterocycles. The first-order valence-corrected chi connectivity index (χ1v) is 9.97. The summed E-state index contributed by atoms with van der Waals surface area (Å²) >= 11 is 0. The molecule has 3 aliphatic heterocycles. The summed E-state index contributed by atoms with van der Waals surface area (Å²) in [5.41, 5.74) is 3.09. The average Bonchev–Trinajstić information content (AvgIpc) is 3.13. The number of rotatable bonds is 2. The van der Waals surface area contributed by atoms with Crippen molar-refractivity contribution in [1.29, 1.82) is 0 Å². The maximum atomic E-state index is 12.8. The molecule has 146 valence electrons. The molecule has 1 amide bonds. The number of nitrogens with zero attached hydrogens (tertiary/aromatic N) is 1. The lowest BCUT2D eigenvalue weighted by Crippen LogP contribution is -2.53. The second kappa shape index (κ2) is 7.28. The summed E-state index contributed by atoms with van der Waals surface area (Å²) in [6.07, 6.45) is 5.78.